The number of allylic oxidation sites excluding steroid dienone is 1. The maximum atomic E-state index is 11.4. The number of primary amides is 1. The lowest BCUT2D eigenvalue weighted by atomic mass is 10.1. The van der Waals surface area contributed by atoms with Gasteiger partial charge in [-0.05, 0) is 35.7 Å². The van der Waals surface area contributed by atoms with Crippen molar-refractivity contribution < 1.29 is 4.79 Å². The third kappa shape index (κ3) is 4.84. The SMILES string of the molecule is CCCCC(=C=Cc1ccccc1C(N)=O)[Si](C)(C)C. The minimum absolute atomic E-state index is 0.387. The predicted octanol–water partition coefficient (Wildman–Crippen LogP) is 4.39. The van der Waals surface area contributed by atoms with Crippen LogP contribution < -0.4 is 5.73 Å². The van der Waals surface area contributed by atoms with Crippen molar-refractivity contribution in [1.82, 2.24) is 0 Å². The third-order valence-corrected chi connectivity index (χ3v) is 5.52. The summed E-state index contributed by atoms with van der Waals surface area (Å²) in [6.07, 6.45) is 5.40. The first-order valence-corrected chi connectivity index (χ1v) is 10.7. The fraction of sp³-hybridized carbons (Fsp3) is 0.412. The molecule has 0 atom stereocenters. The highest BCUT2D eigenvalue weighted by molar-refractivity contribution is 6.83. The van der Waals surface area contributed by atoms with Crippen LogP contribution in [0, 0.1) is 0 Å². The summed E-state index contributed by atoms with van der Waals surface area (Å²) in [7, 11) is -1.36. The molecule has 108 valence electrons. The molecule has 2 nitrogen and oxygen atoms in total. The summed E-state index contributed by atoms with van der Waals surface area (Å²) in [5, 5.41) is 1.42. The molecule has 0 spiro atoms. The second-order valence-corrected chi connectivity index (χ2v) is 11.2. The van der Waals surface area contributed by atoms with Gasteiger partial charge in [0.05, 0.1) is 8.07 Å². The van der Waals surface area contributed by atoms with Crippen LogP contribution in [-0.4, -0.2) is 14.0 Å². The van der Waals surface area contributed by atoms with E-state index in [-0.39, 0.29) is 5.91 Å². The normalized spacial score (nSPS) is 10.8. The fourth-order valence-electron chi connectivity index (χ4n) is 2.03. The van der Waals surface area contributed by atoms with Crippen LogP contribution in [0.1, 0.15) is 42.1 Å². The van der Waals surface area contributed by atoms with Crippen molar-refractivity contribution in [2.45, 2.75) is 45.8 Å². The molecular formula is C17H25NOSi. The molecule has 0 unspecified atom stereocenters. The highest BCUT2D eigenvalue weighted by Gasteiger charge is 2.18. The first kappa shape index (κ1) is 16.5. The zero-order valence-electron chi connectivity index (χ0n) is 13.0. The van der Waals surface area contributed by atoms with Crippen molar-refractivity contribution in [3.8, 4) is 0 Å². The largest absolute Gasteiger partial charge is 0.366 e. The fourth-order valence-corrected chi connectivity index (χ4v) is 3.46. The van der Waals surface area contributed by atoms with Crippen LogP contribution in [0.5, 0.6) is 0 Å². The van der Waals surface area contributed by atoms with Gasteiger partial charge in [-0.15, -0.1) is 5.73 Å². The van der Waals surface area contributed by atoms with Gasteiger partial charge in [0.25, 0.3) is 0 Å². The van der Waals surface area contributed by atoms with Gasteiger partial charge in [-0.25, -0.2) is 0 Å². The highest BCUT2D eigenvalue weighted by Crippen LogP contribution is 2.20. The van der Waals surface area contributed by atoms with Crippen molar-refractivity contribution in [2.75, 3.05) is 0 Å². The van der Waals surface area contributed by atoms with Crippen LogP contribution in [0.4, 0.5) is 0 Å². The predicted molar refractivity (Wildman–Crippen MR) is 89.3 cm³/mol. The molecule has 0 bridgehead atoms. The summed E-state index contributed by atoms with van der Waals surface area (Å²) in [5.74, 6) is -0.387. The molecule has 0 radical (unpaired) electrons. The highest BCUT2D eigenvalue weighted by atomic mass is 28.3. The number of nitrogens with two attached hydrogens (primary N) is 1. The Hall–Kier alpha value is -1.57. The molecule has 3 heteroatoms. The second-order valence-electron chi connectivity index (χ2n) is 6.07. The molecule has 1 aromatic rings. The Labute approximate surface area is 123 Å². The average Bonchev–Trinajstić information content (AvgIpc) is 2.37. The van der Waals surface area contributed by atoms with Gasteiger partial charge in [0.1, 0.15) is 0 Å². The minimum Gasteiger partial charge on any atom is -0.366 e. The molecule has 1 aromatic carbocycles. The Morgan fingerprint density at radius 2 is 1.95 bits per heavy atom. The van der Waals surface area contributed by atoms with Crippen LogP contribution in [0.25, 0.3) is 6.08 Å². The van der Waals surface area contributed by atoms with E-state index in [1.54, 1.807) is 6.07 Å². The molecule has 0 heterocycles. The Balaban J connectivity index is 3.19. The molecule has 0 aliphatic rings. The number of carbonyl (C=O) groups excluding carboxylic acids is 1. The summed E-state index contributed by atoms with van der Waals surface area (Å²) >= 11 is 0. The van der Waals surface area contributed by atoms with Crippen molar-refractivity contribution >= 4 is 20.1 Å². The van der Waals surface area contributed by atoms with E-state index in [1.165, 1.54) is 18.0 Å². The van der Waals surface area contributed by atoms with Gasteiger partial charge in [-0.2, -0.15) is 0 Å². The van der Waals surface area contributed by atoms with E-state index in [4.69, 9.17) is 5.73 Å². The monoisotopic (exact) mass is 287 g/mol. The van der Waals surface area contributed by atoms with Crippen LogP contribution >= 0.6 is 0 Å². The Bertz CT molecular complexity index is 534. The molecule has 0 saturated heterocycles. The van der Waals surface area contributed by atoms with Gasteiger partial charge in [0, 0.05) is 5.56 Å². The van der Waals surface area contributed by atoms with Gasteiger partial charge in [0.2, 0.25) is 5.91 Å². The van der Waals surface area contributed by atoms with Crippen LogP contribution in [0.15, 0.2) is 35.2 Å². The van der Waals surface area contributed by atoms with Gasteiger partial charge < -0.3 is 5.73 Å². The van der Waals surface area contributed by atoms with Crippen molar-refractivity contribution in [3.05, 3.63) is 46.3 Å². The standard InChI is InChI=1S/C17H25NOSi/c1-5-6-10-15(20(2,3)4)13-12-14-9-7-8-11-16(14)17(18)19/h7-9,11-12H,5-6,10H2,1-4H3,(H2,18,19). The maximum absolute atomic E-state index is 11.4. The topological polar surface area (TPSA) is 43.1 Å². The van der Waals surface area contributed by atoms with Gasteiger partial charge >= 0.3 is 0 Å². The Kier molecular flexibility index (Phi) is 5.99. The van der Waals surface area contributed by atoms with E-state index < -0.39 is 8.07 Å². The molecule has 2 N–H and O–H groups in total. The summed E-state index contributed by atoms with van der Waals surface area (Å²) in [5.41, 5.74) is 10.3. The molecule has 0 fully saturated rings. The number of hydrogen-bond acceptors (Lipinski definition) is 1. The number of carbonyl (C=O) groups is 1. The van der Waals surface area contributed by atoms with Crippen LogP contribution in [0.2, 0.25) is 19.6 Å². The zero-order chi connectivity index (χ0) is 15.2. The van der Waals surface area contributed by atoms with E-state index in [9.17, 15) is 4.79 Å². The zero-order valence-corrected chi connectivity index (χ0v) is 14.0. The summed E-state index contributed by atoms with van der Waals surface area (Å²) in [6, 6.07) is 7.42. The van der Waals surface area contributed by atoms with E-state index in [2.05, 4.69) is 32.3 Å². The van der Waals surface area contributed by atoms with E-state index in [0.29, 0.717) is 5.56 Å². The smallest absolute Gasteiger partial charge is 0.249 e. The first-order chi connectivity index (χ1) is 9.36. The summed E-state index contributed by atoms with van der Waals surface area (Å²) in [6.45, 7) is 9.20. The molecule has 1 amide bonds. The number of hydrogen-bond donors (Lipinski definition) is 1. The molecule has 20 heavy (non-hydrogen) atoms. The summed E-state index contributed by atoms with van der Waals surface area (Å²) in [4.78, 5) is 11.4. The van der Waals surface area contributed by atoms with E-state index in [0.717, 1.165) is 12.0 Å². The lowest BCUT2D eigenvalue weighted by Gasteiger charge is -2.18. The number of amides is 1. The Morgan fingerprint density at radius 3 is 2.50 bits per heavy atom. The maximum Gasteiger partial charge on any atom is 0.249 e. The number of unbranched alkanes of at least 4 members (excludes halogenated alkanes) is 1. The van der Waals surface area contributed by atoms with E-state index in [1.807, 2.05) is 24.3 Å². The lowest BCUT2D eigenvalue weighted by Crippen LogP contribution is -2.23. The quantitative estimate of drug-likeness (QED) is 0.612. The van der Waals surface area contributed by atoms with Gasteiger partial charge in [-0.1, -0.05) is 51.2 Å². The van der Waals surface area contributed by atoms with Gasteiger partial charge in [-0.3, -0.25) is 4.79 Å². The lowest BCUT2D eigenvalue weighted by molar-refractivity contribution is 0.1000. The summed E-state index contributed by atoms with van der Waals surface area (Å²) < 4.78 is 0. The second kappa shape index (κ2) is 7.27. The Morgan fingerprint density at radius 1 is 1.30 bits per heavy atom. The molecule has 0 saturated carbocycles. The van der Waals surface area contributed by atoms with Crippen LogP contribution in [-0.2, 0) is 0 Å². The molecule has 0 aliphatic heterocycles. The van der Waals surface area contributed by atoms with Crippen molar-refractivity contribution in [2.24, 2.45) is 5.73 Å². The minimum atomic E-state index is -1.36. The molecule has 1 rings (SSSR count). The van der Waals surface area contributed by atoms with Crippen LogP contribution in [0.3, 0.4) is 0 Å². The average molecular weight is 287 g/mol. The number of benzene rings is 1. The first-order valence-electron chi connectivity index (χ1n) is 7.21. The van der Waals surface area contributed by atoms with Gasteiger partial charge in [0.15, 0.2) is 0 Å². The third-order valence-electron chi connectivity index (χ3n) is 3.31. The van der Waals surface area contributed by atoms with Crippen molar-refractivity contribution in [1.29, 1.82) is 0 Å². The van der Waals surface area contributed by atoms with Crippen molar-refractivity contribution in [3.63, 3.8) is 0 Å². The molecule has 0 aromatic heterocycles. The number of rotatable bonds is 6. The molecular weight excluding hydrogens is 262 g/mol. The van der Waals surface area contributed by atoms with E-state index >= 15 is 0 Å². The molecule has 0 aliphatic carbocycles.